The number of alkyl halides is 1. The number of imidazole rings is 1. The first-order chi connectivity index (χ1) is 9.31. The summed E-state index contributed by atoms with van der Waals surface area (Å²) < 4.78 is 7.59. The molecule has 0 unspecified atom stereocenters. The van der Waals surface area contributed by atoms with Gasteiger partial charge in [-0.1, -0.05) is 32.3 Å². The molecule has 0 atom stereocenters. The highest BCUT2D eigenvalue weighted by molar-refractivity contribution is 6.16. The van der Waals surface area contributed by atoms with Gasteiger partial charge in [0.05, 0.1) is 18.5 Å². The Kier molecular flexibility index (Phi) is 5.08. The lowest BCUT2D eigenvalue weighted by Gasteiger charge is -2.07. The molecule has 0 saturated heterocycles. The van der Waals surface area contributed by atoms with Gasteiger partial charge in [-0.05, 0) is 18.6 Å². The molecule has 0 aliphatic rings. The van der Waals surface area contributed by atoms with Crippen molar-refractivity contribution in [1.29, 1.82) is 0 Å². The van der Waals surface area contributed by atoms with Crippen molar-refractivity contribution in [3.63, 3.8) is 0 Å². The number of halogens is 1. The molecule has 1 aromatic carbocycles. The predicted octanol–water partition coefficient (Wildman–Crippen LogP) is 4.36. The zero-order valence-electron chi connectivity index (χ0n) is 11.7. The number of hydrogen-bond acceptors (Lipinski definition) is 2. The van der Waals surface area contributed by atoms with Crippen LogP contribution in [0.15, 0.2) is 18.2 Å². The molecule has 0 aliphatic carbocycles. The average Bonchev–Trinajstić information content (AvgIpc) is 2.81. The summed E-state index contributed by atoms with van der Waals surface area (Å²) >= 11 is 6.02. The molecular formula is C15H21ClN2O. The van der Waals surface area contributed by atoms with Crippen molar-refractivity contribution < 1.29 is 4.74 Å². The van der Waals surface area contributed by atoms with E-state index < -0.39 is 0 Å². The maximum absolute atomic E-state index is 6.02. The van der Waals surface area contributed by atoms with E-state index in [4.69, 9.17) is 16.3 Å². The van der Waals surface area contributed by atoms with Crippen LogP contribution in [0.3, 0.4) is 0 Å². The van der Waals surface area contributed by atoms with Crippen molar-refractivity contribution in [3.8, 4) is 5.75 Å². The standard InChI is InChI=1S/C15H21ClN2O/c1-3-4-5-6-10-18-12-8-7-9-13(19-2)15(12)17-14(18)11-16/h7-9H,3-6,10-11H2,1-2H3. The van der Waals surface area contributed by atoms with Crippen LogP contribution in [-0.2, 0) is 12.4 Å². The SMILES string of the molecule is CCCCCCn1c(CCl)nc2c(OC)cccc21. The highest BCUT2D eigenvalue weighted by Crippen LogP contribution is 2.26. The topological polar surface area (TPSA) is 27.1 Å². The fourth-order valence-corrected chi connectivity index (χ4v) is 2.59. The Bertz CT molecular complexity index is 536. The minimum absolute atomic E-state index is 0.436. The highest BCUT2D eigenvalue weighted by Gasteiger charge is 2.12. The number of hydrogen-bond donors (Lipinski definition) is 0. The normalized spacial score (nSPS) is 11.1. The van der Waals surface area contributed by atoms with Crippen LogP contribution >= 0.6 is 11.6 Å². The molecule has 0 radical (unpaired) electrons. The van der Waals surface area contributed by atoms with Crippen LogP contribution in [0.25, 0.3) is 11.0 Å². The third-order valence-electron chi connectivity index (χ3n) is 3.40. The number of para-hydroxylation sites is 1. The molecule has 104 valence electrons. The first kappa shape index (κ1) is 14.2. The zero-order chi connectivity index (χ0) is 13.7. The lowest BCUT2D eigenvalue weighted by molar-refractivity contribution is 0.419. The summed E-state index contributed by atoms with van der Waals surface area (Å²) in [6.07, 6.45) is 4.95. The van der Waals surface area contributed by atoms with Crippen LogP contribution < -0.4 is 4.74 Å². The number of nitrogens with zero attached hydrogens (tertiary/aromatic N) is 2. The molecule has 0 N–H and O–H groups in total. The van der Waals surface area contributed by atoms with E-state index >= 15 is 0 Å². The molecule has 0 saturated carbocycles. The third kappa shape index (κ3) is 3.03. The van der Waals surface area contributed by atoms with Crippen LogP contribution in [-0.4, -0.2) is 16.7 Å². The predicted molar refractivity (Wildman–Crippen MR) is 80.0 cm³/mol. The molecular weight excluding hydrogens is 260 g/mol. The Morgan fingerprint density at radius 3 is 2.79 bits per heavy atom. The number of fused-ring (bicyclic) bond motifs is 1. The van der Waals surface area contributed by atoms with Crippen molar-refractivity contribution in [2.45, 2.75) is 45.0 Å². The third-order valence-corrected chi connectivity index (χ3v) is 3.63. The number of rotatable bonds is 7. The van der Waals surface area contributed by atoms with Gasteiger partial charge in [0.1, 0.15) is 17.1 Å². The number of methoxy groups -OCH3 is 1. The van der Waals surface area contributed by atoms with Crippen LogP contribution in [0.4, 0.5) is 0 Å². The molecule has 19 heavy (non-hydrogen) atoms. The van der Waals surface area contributed by atoms with Gasteiger partial charge in [0.25, 0.3) is 0 Å². The van der Waals surface area contributed by atoms with E-state index in [1.165, 1.54) is 25.7 Å². The first-order valence-corrected chi connectivity index (χ1v) is 7.43. The molecule has 2 aromatic rings. The lowest BCUT2D eigenvalue weighted by atomic mass is 10.2. The van der Waals surface area contributed by atoms with E-state index in [-0.39, 0.29) is 0 Å². The Hall–Kier alpha value is -1.22. The minimum atomic E-state index is 0.436. The first-order valence-electron chi connectivity index (χ1n) is 6.89. The second-order valence-electron chi connectivity index (χ2n) is 4.70. The number of benzene rings is 1. The maximum Gasteiger partial charge on any atom is 0.146 e. The average molecular weight is 281 g/mol. The summed E-state index contributed by atoms with van der Waals surface area (Å²) in [5.41, 5.74) is 2.03. The van der Waals surface area contributed by atoms with Crippen LogP contribution in [0.5, 0.6) is 5.75 Å². The lowest BCUT2D eigenvalue weighted by Crippen LogP contribution is -2.02. The smallest absolute Gasteiger partial charge is 0.146 e. The number of unbranched alkanes of at least 4 members (excludes halogenated alkanes) is 3. The number of aromatic nitrogens is 2. The van der Waals surface area contributed by atoms with Gasteiger partial charge in [-0.3, -0.25) is 0 Å². The van der Waals surface area contributed by atoms with E-state index in [9.17, 15) is 0 Å². The molecule has 0 aliphatic heterocycles. The van der Waals surface area contributed by atoms with Gasteiger partial charge in [0.15, 0.2) is 0 Å². The second-order valence-corrected chi connectivity index (χ2v) is 4.97. The minimum Gasteiger partial charge on any atom is -0.494 e. The largest absolute Gasteiger partial charge is 0.494 e. The molecule has 0 fully saturated rings. The summed E-state index contributed by atoms with van der Waals surface area (Å²) in [5, 5.41) is 0. The van der Waals surface area contributed by atoms with Gasteiger partial charge < -0.3 is 9.30 Å². The summed E-state index contributed by atoms with van der Waals surface area (Å²) in [5.74, 6) is 2.18. The Morgan fingerprint density at radius 2 is 2.11 bits per heavy atom. The van der Waals surface area contributed by atoms with Crippen LogP contribution in [0, 0.1) is 0 Å². The fourth-order valence-electron chi connectivity index (χ4n) is 2.38. The Morgan fingerprint density at radius 1 is 1.26 bits per heavy atom. The van der Waals surface area contributed by atoms with Gasteiger partial charge in [0.2, 0.25) is 0 Å². The molecule has 1 aromatic heterocycles. The maximum atomic E-state index is 6.02. The van der Waals surface area contributed by atoms with Crippen molar-refractivity contribution in [3.05, 3.63) is 24.0 Å². The van der Waals surface area contributed by atoms with E-state index in [1.54, 1.807) is 7.11 Å². The van der Waals surface area contributed by atoms with Crippen molar-refractivity contribution in [2.24, 2.45) is 0 Å². The Labute approximate surface area is 119 Å². The van der Waals surface area contributed by atoms with Gasteiger partial charge in [0, 0.05) is 6.54 Å². The molecule has 4 heteroatoms. The quantitative estimate of drug-likeness (QED) is 0.556. The van der Waals surface area contributed by atoms with Crippen LogP contribution in [0.1, 0.15) is 38.4 Å². The van der Waals surface area contributed by atoms with E-state index in [1.807, 2.05) is 12.1 Å². The Balaban J connectivity index is 2.30. The number of ether oxygens (including phenoxy) is 1. The molecule has 0 spiro atoms. The van der Waals surface area contributed by atoms with Crippen molar-refractivity contribution in [1.82, 2.24) is 9.55 Å². The monoisotopic (exact) mass is 280 g/mol. The van der Waals surface area contributed by atoms with Gasteiger partial charge in [-0.25, -0.2) is 4.98 Å². The fraction of sp³-hybridized carbons (Fsp3) is 0.533. The summed E-state index contributed by atoms with van der Waals surface area (Å²) in [4.78, 5) is 4.61. The molecule has 0 amide bonds. The summed E-state index contributed by atoms with van der Waals surface area (Å²) in [7, 11) is 1.68. The van der Waals surface area contributed by atoms with Crippen molar-refractivity contribution in [2.75, 3.05) is 7.11 Å². The molecule has 3 nitrogen and oxygen atoms in total. The highest BCUT2D eigenvalue weighted by atomic mass is 35.5. The van der Waals surface area contributed by atoms with E-state index in [2.05, 4.69) is 22.5 Å². The van der Waals surface area contributed by atoms with Gasteiger partial charge in [-0.15, -0.1) is 11.6 Å². The van der Waals surface area contributed by atoms with Gasteiger partial charge in [-0.2, -0.15) is 0 Å². The zero-order valence-corrected chi connectivity index (χ0v) is 12.4. The van der Waals surface area contributed by atoms with E-state index in [0.29, 0.717) is 5.88 Å². The van der Waals surface area contributed by atoms with Crippen LogP contribution in [0.2, 0.25) is 0 Å². The van der Waals surface area contributed by atoms with E-state index in [0.717, 1.165) is 29.2 Å². The van der Waals surface area contributed by atoms with Crippen molar-refractivity contribution >= 4 is 22.6 Å². The molecule has 2 rings (SSSR count). The second kappa shape index (κ2) is 6.80. The molecule has 1 heterocycles. The van der Waals surface area contributed by atoms with Gasteiger partial charge >= 0.3 is 0 Å². The summed E-state index contributed by atoms with van der Waals surface area (Å²) in [6, 6.07) is 6.03. The molecule has 0 bridgehead atoms. The number of aryl methyl sites for hydroxylation is 1. The summed E-state index contributed by atoms with van der Waals surface area (Å²) in [6.45, 7) is 3.20.